The van der Waals surface area contributed by atoms with Gasteiger partial charge in [0.05, 0.1) is 0 Å². The highest BCUT2D eigenvalue weighted by Gasteiger charge is 2.19. The molecule has 0 spiro atoms. The third-order valence-corrected chi connectivity index (χ3v) is 7.44. The average molecular weight is 645 g/mol. The lowest BCUT2D eigenvalue weighted by Crippen LogP contribution is -2.15. The first-order chi connectivity index (χ1) is 20.5. The van der Waals surface area contributed by atoms with E-state index in [0.29, 0.717) is 0 Å². The van der Waals surface area contributed by atoms with Crippen molar-refractivity contribution in [2.24, 2.45) is 0 Å². The van der Waals surface area contributed by atoms with Crippen molar-refractivity contribution in [3.05, 3.63) is 47.5 Å². The van der Waals surface area contributed by atoms with Gasteiger partial charge in [-0.1, -0.05) is 24.3 Å². The van der Waals surface area contributed by atoms with Gasteiger partial charge in [-0.25, -0.2) is 0 Å². The lowest BCUT2D eigenvalue weighted by Gasteiger charge is -2.13. The van der Waals surface area contributed by atoms with E-state index in [-0.39, 0.29) is 58.2 Å². The van der Waals surface area contributed by atoms with E-state index in [1.54, 1.807) is 38.0 Å². The first-order valence-corrected chi connectivity index (χ1v) is 15.2. The molecular formula is C24H28N12O6S2. The second-order valence-corrected chi connectivity index (χ2v) is 12.2. The normalized spacial score (nSPS) is 11.9. The summed E-state index contributed by atoms with van der Waals surface area (Å²) in [7, 11) is -2.75. The molecule has 44 heavy (non-hydrogen) atoms. The Morgan fingerprint density at radius 3 is 1.32 bits per heavy atom. The molecule has 0 saturated carbocycles. The van der Waals surface area contributed by atoms with Crippen molar-refractivity contribution in [1.82, 2.24) is 29.9 Å². The van der Waals surface area contributed by atoms with Gasteiger partial charge in [-0.15, -0.1) is 0 Å². The minimum Gasteiger partial charge on any atom is -0.368 e. The van der Waals surface area contributed by atoms with Gasteiger partial charge in [0.1, 0.15) is 9.79 Å². The fourth-order valence-electron chi connectivity index (χ4n) is 3.66. The summed E-state index contributed by atoms with van der Waals surface area (Å²) in [6.07, 6.45) is 2.51. The zero-order valence-corrected chi connectivity index (χ0v) is 25.3. The van der Waals surface area contributed by atoms with E-state index < -0.39 is 30.0 Å². The number of nitrogens with two attached hydrogens (primary N) is 2. The Hall–Kier alpha value is -5.18. The highest BCUT2D eigenvalue weighted by Crippen LogP contribution is 2.28. The first-order valence-electron chi connectivity index (χ1n) is 12.3. The number of rotatable bonds is 10. The second-order valence-electron chi connectivity index (χ2n) is 9.46. The highest BCUT2D eigenvalue weighted by molar-refractivity contribution is 7.86. The van der Waals surface area contributed by atoms with Crippen LogP contribution in [0, 0.1) is 0 Å². The Morgan fingerprint density at radius 2 is 1.00 bits per heavy atom. The molecule has 4 aromatic rings. The number of hydrogen-bond donors (Lipinski definition) is 6. The summed E-state index contributed by atoms with van der Waals surface area (Å²) in [6, 6.07) is 7.92. The zero-order valence-electron chi connectivity index (χ0n) is 23.7. The summed E-state index contributed by atoms with van der Waals surface area (Å²) in [5, 5.41) is 5.62. The van der Waals surface area contributed by atoms with Gasteiger partial charge in [-0.2, -0.15) is 46.7 Å². The molecule has 2 heterocycles. The van der Waals surface area contributed by atoms with Crippen LogP contribution in [0.5, 0.6) is 0 Å². The summed E-state index contributed by atoms with van der Waals surface area (Å²) in [5.41, 5.74) is 11.8. The Morgan fingerprint density at radius 1 is 0.636 bits per heavy atom. The standard InChI is InChI=1S/C24H28N12O6S2/c1-35(2)23-31-19(25)29-21(33-23)27-15-9-7-13(17(11-15)43(37,38)39)5-6-14-8-10-16(12-18(14)44(40,41)42)28-22-30-20(26)32-24(34-22)36(3)4/h5-12H,1-4H3,(H,37,38,39)(H,40,41,42)(H3,25,27,29,31,33)(H3,26,28,30,32,34)/b6-5+. The van der Waals surface area contributed by atoms with Crippen molar-refractivity contribution in [3.8, 4) is 0 Å². The maximum Gasteiger partial charge on any atom is 0.295 e. The zero-order chi connectivity index (χ0) is 32.4. The van der Waals surface area contributed by atoms with E-state index in [0.717, 1.165) is 12.1 Å². The third-order valence-electron chi connectivity index (χ3n) is 5.62. The number of nitrogen functional groups attached to an aromatic ring is 2. The van der Waals surface area contributed by atoms with Crippen LogP contribution >= 0.6 is 0 Å². The van der Waals surface area contributed by atoms with Gasteiger partial charge in [0, 0.05) is 39.6 Å². The van der Waals surface area contributed by atoms with Gasteiger partial charge in [-0.05, 0) is 35.4 Å². The second kappa shape index (κ2) is 12.2. The maximum atomic E-state index is 12.3. The molecule has 0 fully saturated rings. The highest BCUT2D eigenvalue weighted by atomic mass is 32.2. The minimum atomic E-state index is -4.76. The molecule has 0 unspecified atom stereocenters. The summed E-state index contributed by atoms with van der Waals surface area (Å²) in [6.45, 7) is 0. The number of anilines is 8. The predicted octanol–water partition coefficient (Wildman–Crippen LogP) is 1.50. The van der Waals surface area contributed by atoms with Crippen LogP contribution in [0.1, 0.15) is 11.1 Å². The molecule has 0 aliphatic carbocycles. The van der Waals surface area contributed by atoms with Crippen LogP contribution in [0.4, 0.5) is 47.1 Å². The van der Waals surface area contributed by atoms with Crippen LogP contribution < -0.4 is 31.9 Å². The quantitative estimate of drug-likeness (QED) is 0.105. The van der Waals surface area contributed by atoms with Crippen LogP contribution in [-0.2, 0) is 20.2 Å². The number of nitrogens with zero attached hydrogens (tertiary/aromatic N) is 8. The van der Waals surface area contributed by atoms with Gasteiger partial charge in [-0.3, -0.25) is 9.11 Å². The van der Waals surface area contributed by atoms with E-state index in [9.17, 15) is 25.9 Å². The summed E-state index contributed by atoms with van der Waals surface area (Å²) < 4.78 is 68.9. The molecule has 0 radical (unpaired) electrons. The Labute approximate surface area is 252 Å². The van der Waals surface area contributed by atoms with Gasteiger partial charge in [0.15, 0.2) is 0 Å². The lowest BCUT2D eigenvalue weighted by molar-refractivity contribution is 0.480. The van der Waals surface area contributed by atoms with Crippen molar-refractivity contribution in [1.29, 1.82) is 0 Å². The molecular weight excluding hydrogens is 616 g/mol. The van der Waals surface area contributed by atoms with Crippen LogP contribution in [-0.4, -0.2) is 84.0 Å². The number of aromatic nitrogens is 6. The monoisotopic (exact) mass is 644 g/mol. The summed E-state index contributed by atoms with van der Waals surface area (Å²) >= 11 is 0. The van der Waals surface area contributed by atoms with Crippen LogP contribution in [0.3, 0.4) is 0 Å². The summed E-state index contributed by atoms with van der Waals surface area (Å²) in [5.74, 6) is 0.396. The van der Waals surface area contributed by atoms with Crippen LogP contribution in [0.25, 0.3) is 12.2 Å². The van der Waals surface area contributed by atoms with Crippen LogP contribution in [0.15, 0.2) is 46.2 Å². The first kappa shape index (κ1) is 31.7. The molecule has 0 amide bonds. The molecule has 0 aliphatic heterocycles. The van der Waals surface area contributed by atoms with E-state index >= 15 is 0 Å². The van der Waals surface area contributed by atoms with Crippen molar-refractivity contribution < 1.29 is 25.9 Å². The molecule has 0 aliphatic rings. The molecule has 232 valence electrons. The van der Waals surface area contributed by atoms with E-state index in [2.05, 4.69) is 40.5 Å². The van der Waals surface area contributed by atoms with Crippen molar-refractivity contribution in [3.63, 3.8) is 0 Å². The number of hydrogen-bond acceptors (Lipinski definition) is 16. The smallest absolute Gasteiger partial charge is 0.295 e. The SMILES string of the molecule is CN(C)c1nc(N)nc(Nc2ccc(/C=C/c3ccc(Nc4nc(N)nc(N(C)C)n4)cc3S(=O)(=O)O)c(S(=O)(=O)O)c2)n1. The van der Waals surface area contributed by atoms with Gasteiger partial charge in [0.2, 0.25) is 35.7 Å². The molecule has 0 bridgehead atoms. The van der Waals surface area contributed by atoms with Gasteiger partial charge < -0.3 is 31.9 Å². The van der Waals surface area contributed by atoms with E-state index in [4.69, 9.17) is 11.5 Å². The maximum absolute atomic E-state index is 12.3. The largest absolute Gasteiger partial charge is 0.368 e. The van der Waals surface area contributed by atoms with E-state index in [1.165, 1.54) is 36.4 Å². The lowest BCUT2D eigenvalue weighted by atomic mass is 10.1. The average Bonchev–Trinajstić information content (AvgIpc) is 2.91. The van der Waals surface area contributed by atoms with E-state index in [1.807, 2.05) is 0 Å². The molecule has 8 N–H and O–H groups in total. The number of nitrogens with one attached hydrogen (secondary N) is 2. The molecule has 2 aromatic carbocycles. The predicted molar refractivity (Wildman–Crippen MR) is 165 cm³/mol. The number of benzene rings is 2. The molecule has 0 saturated heterocycles. The van der Waals surface area contributed by atoms with Crippen LogP contribution in [0.2, 0.25) is 0 Å². The molecule has 2 aromatic heterocycles. The fraction of sp³-hybridized carbons (Fsp3) is 0.167. The minimum absolute atomic E-state index is 0.00237. The van der Waals surface area contributed by atoms with Crippen molar-refractivity contribution in [2.75, 3.05) is 60.1 Å². The Kier molecular flexibility index (Phi) is 8.81. The van der Waals surface area contributed by atoms with Crippen molar-refractivity contribution >= 4 is 79.5 Å². The summed E-state index contributed by atoms with van der Waals surface area (Å²) in [4.78, 5) is 26.4. The topological polar surface area (TPSA) is 269 Å². The van der Waals surface area contributed by atoms with Gasteiger partial charge >= 0.3 is 0 Å². The third kappa shape index (κ3) is 7.80. The molecule has 4 rings (SSSR count). The molecule has 20 heteroatoms. The fourth-order valence-corrected chi connectivity index (χ4v) is 5.08. The Bertz CT molecular complexity index is 1830. The molecule has 0 atom stereocenters. The van der Waals surface area contributed by atoms with Crippen molar-refractivity contribution in [2.45, 2.75) is 9.79 Å². The van der Waals surface area contributed by atoms with Gasteiger partial charge in [0.25, 0.3) is 20.2 Å². The molecule has 18 nitrogen and oxygen atoms in total. The Balaban J connectivity index is 1.68.